The van der Waals surface area contributed by atoms with Crippen LogP contribution in [0.4, 0.5) is 0 Å². The van der Waals surface area contributed by atoms with Crippen LogP contribution in [-0.4, -0.2) is 34.9 Å². The van der Waals surface area contributed by atoms with Gasteiger partial charge in [-0.3, -0.25) is 14.7 Å². The molecule has 1 amide bonds. The molecule has 0 radical (unpaired) electrons. The fraction of sp³-hybridized carbons (Fsp3) is 0.419. The highest BCUT2D eigenvalue weighted by atomic mass is 16.3. The van der Waals surface area contributed by atoms with Gasteiger partial charge in [0.25, 0.3) is 5.91 Å². The lowest BCUT2D eigenvalue weighted by molar-refractivity contribution is 0.0917. The number of nitrogens with one attached hydrogen (secondary N) is 1. The number of fused-ring (bicyclic) bond motifs is 2. The number of pyridine rings is 1. The molecule has 2 aliphatic heterocycles. The predicted molar refractivity (Wildman–Crippen MR) is 143 cm³/mol. The second kappa shape index (κ2) is 10.4. The standard InChI is InChI=1S/C31H35N3O2/c35-31(27-15-17-32-28-8-2-1-7-26(27)28)33-25-13-11-22(12-14-25)16-19-34-18-4-3-9-29(34)24-20-23-6-5-10-30(23)36-21-24/h1-2,5-8,10,15,17,20-22,25,29H,3-4,9,11-14,16,18-19H2,(H,33,35). The van der Waals surface area contributed by atoms with Gasteiger partial charge in [-0.2, -0.15) is 0 Å². The van der Waals surface area contributed by atoms with Crippen molar-refractivity contribution in [3.05, 3.63) is 78.2 Å². The van der Waals surface area contributed by atoms with E-state index in [1.807, 2.05) is 42.7 Å². The van der Waals surface area contributed by atoms with E-state index >= 15 is 0 Å². The maximum Gasteiger partial charge on any atom is 0.252 e. The summed E-state index contributed by atoms with van der Waals surface area (Å²) in [4.78, 5) is 20.1. The van der Waals surface area contributed by atoms with Crippen LogP contribution in [0.3, 0.4) is 0 Å². The van der Waals surface area contributed by atoms with Gasteiger partial charge >= 0.3 is 0 Å². The summed E-state index contributed by atoms with van der Waals surface area (Å²) in [6.07, 6.45) is 13.2. The van der Waals surface area contributed by atoms with Crippen LogP contribution in [0, 0.1) is 5.92 Å². The Morgan fingerprint density at radius 2 is 1.89 bits per heavy atom. The van der Waals surface area contributed by atoms with E-state index < -0.39 is 0 Å². The largest absolute Gasteiger partial charge is 0.464 e. The molecule has 0 bridgehead atoms. The monoisotopic (exact) mass is 481 g/mol. The third-order valence-electron chi connectivity index (χ3n) is 8.35. The molecular formula is C31H35N3O2. The van der Waals surface area contributed by atoms with Gasteiger partial charge in [0.1, 0.15) is 5.76 Å². The number of nitrogens with zero attached hydrogens (tertiary/aromatic N) is 2. The molecule has 6 rings (SSSR count). The molecule has 1 saturated carbocycles. The summed E-state index contributed by atoms with van der Waals surface area (Å²) in [6, 6.07) is 19.0. The number of benzene rings is 1. The second-order valence-electron chi connectivity index (χ2n) is 10.6. The van der Waals surface area contributed by atoms with E-state index in [1.54, 1.807) is 6.20 Å². The molecule has 4 aliphatic rings. The third kappa shape index (κ3) is 4.90. The minimum absolute atomic E-state index is 0.0282. The van der Waals surface area contributed by atoms with E-state index in [4.69, 9.17) is 4.42 Å². The predicted octanol–water partition coefficient (Wildman–Crippen LogP) is 6.84. The number of carbonyl (C=O) groups is 1. The zero-order valence-corrected chi connectivity index (χ0v) is 20.9. The Morgan fingerprint density at radius 1 is 1.00 bits per heavy atom. The molecular weight excluding hydrogens is 446 g/mol. The Bertz CT molecular complexity index is 1280. The van der Waals surface area contributed by atoms with Gasteiger partial charge in [0.05, 0.1) is 17.3 Å². The molecule has 5 heteroatoms. The molecule has 2 aliphatic carbocycles. The first-order valence-corrected chi connectivity index (χ1v) is 13.6. The Balaban J connectivity index is 1.02. The maximum atomic E-state index is 13.0. The molecule has 1 atom stereocenters. The fourth-order valence-electron chi connectivity index (χ4n) is 6.30. The molecule has 36 heavy (non-hydrogen) atoms. The molecule has 3 heterocycles. The van der Waals surface area contributed by atoms with Crippen LogP contribution in [0.2, 0.25) is 0 Å². The molecule has 2 fully saturated rings. The zero-order chi connectivity index (χ0) is 24.3. The van der Waals surface area contributed by atoms with Gasteiger partial charge in [0, 0.05) is 34.8 Å². The van der Waals surface area contributed by atoms with E-state index in [-0.39, 0.29) is 11.9 Å². The van der Waals surface area contributed by atoms with Gasteiger partial charge in [-0.25, -0.2) is 0 Å². The van der Waals surface area contributed by atoms with Crippen LogP contribution < -0.4 is 5.32 Å². The number of carbonyl (C=O) groups excluding carboxylic acids is 1. The SMILES string of the molecule is O=C(NC1CCC(CCN2CCCCC2c2coc3cccc-3c2)CC1)c1ccnc2ccccc12. The molecule has 186 valence electrons. The highest BCUT2D eigenvalue weighted by molar-refractivity contribution is 6.06. The minimum Gasteiger partial charge on any atom is -0.464 e. The van der Waals surface area contributed by atoms with Crippen molar-refractivity contribution < 1.29 is 9.21 Å². The summed E-state index contributed by atoms with van der Waals surface area (Å²) in [5, 5.41) is 4.23. The van der Waals surface area contributed by atoms with Gasteiger partial charge in [-0.1, -0.05) is 36.8 Å². The first kappa shape index (κ1) is 23.2. The zero-order valence-electron chi connectivity index (χ0n) is 20.9. The molecule has 2 aromatic rings. The number of likely N-dealkylation sites (tertiary alicyclic amines) is 1. The van der Waals surface area contributed by atoms with E-state index in [0.717, 1.165) is 47.5 Å². The van der Waals surface area contributed by atoms with E-state index in [0.29, 0.717) is 6.04 Å². The molecule has 1 saturated heterocycles. The van der Waals surface area contributed by atoms with Crippen LogP contribution >= 0.6 is 0 Å². The number of hydrogen-bond acceptors (Lipinski definition) is 4. The molecule has 5 nitrogen and oxygen atoms in total. The van der Waals surface area contributed by atoms with E-state index in [2.05, 4.69) is 33.4 Å². The van der Waals surface area contributed by atoms with Crippen molar-refractivity contribution in [2.24, 2.45) is 5.92 Å². The first-order valence-electron chi connectivity index (χ1n) is 13.6. The second-order valence-corrected chi connectivity index (χ2v) is 10.6. The van der Waals surface area contributed by atoms with E-state index in [1.165, 1.54) is 56.2 Å². The molecule has 1 aromatic heterocycles. The maximum absolute atomic E-state index is 13.0. The van der Waals surface area contributed by atoms with E-state index in [9.17, 15) is 4.79 Å². The molecule has 1 aromatic carbocycles. The van der Waals surface area contributed by atoms with Crippen molar-refractivity contribution in [2.45, 2.75) is 63.5 Å². The van der Waals surface area contributed by atoms with Crippen LogP contribution in [0.25, 0.3) is 22.2 Å². The van der Waals surface area contributed by atoms with Crippen LogP contribution in [-0.2, 0) is 0 Å². The number of hydrogen-bond donors (Lipinski definition) is 1. The van der Waals surface area contributed by atoms with Crippen molar-refractivity contribution in [1.29, 1.82) is 0 Å². The summed E-state index contributed by atoms with van der Waals surface area (Å²) < 4.78 is 5.91. The number of aromatic nitrogens is 1. The first-order chi connectivity index (χ1) is 17.7. The molecule has 0 spiro atoms. The number of para-hydroxylation sites is 1. The quantitative estimate of drug-likeness (QED) is 0.328. The van der Waals surface area contributed by atoms with Crippen LogP contribution in [0.1, 0.15) is 73.3 Å². The fourth-order valence-corrected chi connectivity index (χ4v) is 6.30. The molecule has 1 N–H and O–H groups in total. The van der Waals surface area contributed by atoms with Gasteiger partial charge < -0.3 is 9.73 Å². The average Bonchev–Trinajstić information content (AvgIpc) is 3.40. The van der Waals surface area contributed by atoms with Gasteiger partial charge in [-0.05, 0) is 88.2 Å². The lowest BCUT2D eigenvalue weighted by Gasteiger charge is -2.37. The number of amides is 1. The summed E-state index contributed by atoms with van der Waals surface area (Å²) in [5.41, 5.74) is 4.13. The smallest absolute Gasteiger partial charge is 0.252 e. The Hall–Kier alpha value is -3.18. The summed E-state index contributed by atoms with van der Waals surface area (Å²) >= 11 is 0. The Morgan fingerprint density at radius 3 is 2.81 bits per heavy atom. The molecule has 1 unspecified atom stereocenters. The average molecular weight is 482 g/mol. The Labute approximate surface area is 213 Å². The highest BCUT2D eigenvalue weighted by Crippen LogP contribution is 2.36. The summed E-state index contributed by atoms with van der Waals surface area (Å²) in [5.74, 6) is 1.74. The number of rotatable bonds is 6. The summed E-state index contributed by atoms with van der Waals surface area (Å²) in [7, 11) is 0. The van der Waals surface area contributed by atoms with Gasteiger partial charge in [0.15, 0.2) is 0 Å². The Kier molecular flexibility index (Phi) is 6.73. The topological polar surface area (TPSA) is 58.4 Å². The van der Waals surface area contributed by atoms with Gasteiger partial charge in [-0.15, -0.1) is 0 Å². The minimum atomic E-state index is 0.0282. The van der Waals surface area contributed by atoms with Gasteiger partial charge in [0.2, 0.25) is 0 Å². The van der Waals surface area contributed by atoms with Crippen molar-refractivity contribution in [2.75, 3.05) is 13.1 Å². The lowest BCUT2D eigenvalue weighted by atomic mass is 9.83. The number of piperidine rings is 1. The lowest BCUT2D eigenvalue weighted by Crippen LogP contribution is -2.39. The highest BCUT2D eigenvalue weighted by Gasteiger charge is 2.28. The van der Waals surface area contributed by atoms with Crippen LogP contribution in [0.15, 0.2) is 71.5 Å². The van der Waals surface area contributed by atoms with Crippen molar-refractivity contribution in [3.63, 3.8) is 0 Å². The van der Waals surface area contributed by atoms with Crippen molar-refractivity contribution in [3.8, 4) is 11.3 Å². The van der Waals surface area contributed by atoms with Crippen LogP contribution in [0.5, 0.6) is 0 Å². The normalized spacial score (nSPS) is 23.2. The van der Waals surface area contributed by atoms with Crippen molar-refractivity contribution in [1.82, 2.24) is 15.2 Å². The third-order valence-corrected chi connectivity index (χ3v) is 8.35. The van der Waals surface area contributed by atoms with Crippen molar-refractivity contribution >= 4 is 16.8 Å². The summed E-state index contributed by atoms with van der Waals surface area (Å²) in [6.45, 7) is 2.32.